The lowest BCUT2D eigenvalue weighted by atomic mass is 10.0. The molecule has 0 aliphatic rings. The first-order chi connectivity index (χ1) is 29.1. The van der Waals surface area contributed by atoms with E-state index in [1.165, 1.54) is 36.0 Å². The summed E-state index contributed by atoms with van der Waals surface area (Å²) in [5, 5.41) is 35.1. The zero-order chi connectivity index (χ0) is 46.9. The molecule has 18 N–H and O–H groups in total. The number of nitrogens with zero attached hydrogens (tertiary/aromatic N) is 2. The van der Waals surface area contributed by atoms with Crippen molar-refractivity contribution in [3.05, 3.63) is 29.8 Å². The van der Waals surface area contributed by atoms with Crippen molar-refractivity contribution in [1.82, 2.24) is 31.9 Å². The summed E-state index contributed by atoms with van der Waals surface area (Å²) in [5.41, 5.74) is 28.1. The Morgan fingerprint density at radius 3 is 1.73 bits per heavy atom. The lowest BCUT2D eigenvalue weighted by Gasteiger charge is -2.26. The first-order valence-corrected chi connectivity index (χ1v) is 21.7. The lowest BCUT2D eigenvalue weighted by Crippen LogP contribution is -2.58. The van der Waals surface area contributed by atoms with Crippen molar-refractivity contribution in [1.29, 1.82) is 0 Å². The Morgan fingerprint density at radius 2 is 1.21 bits per heavy atom. The van der Waals surface area contributed by atoms with Crippen molar-refractivity contribution in [3.8, 4) is 5.75 Å². The Kier molecular flexibility index (Phi) is 25.0. The van der Waals surface area contributed by atoms with Crippen LogP contribution in [0, 0.1) is 11.8 Å². The van der Waals surface area contributed by atoms with Gasteiger partial charge in [-0.15, -0.1) is 0 Å². The quantitative estimate of drug-likeness (QED) is 0.0224. The van der Waals surface area contributed by atoms with E-state index >= 15 is 0 Å². The molecule has 62 heavy (non-hydrogen) atoms. The molecule has 0 saturated carbocycles. The number of phenols is 1. The van der Waals surface area contributed by atoms with Crippen LogP contribution in [0.5, 0.6) is 5.75 Å². The predicted molar refractivity (Wildman–Crippen MR) is 237 cm³/mol. The number of benzene rings is 1. The number of carboxylic acid groups (broad SMARTS) is 1. The van der Waals surface area contributed by atoms with E-state index < -0.39 is 90.1 Å². The first-order valence-electron chi connectivity index (χ1n) is 20.3. The van der Waals surface area contributed by atoms with E-state index in [9.17, 15) is 43.8 Å². The lowest BCUT2D eigenvalue weighted by molar-refractivity contribution is -0.142. The third-order valence-electron chi connectivity index (χ3n) is 9.15. The monoisotopic (exact) mass is 893 g/mol. The number of aliphatic imine (C=N–C) groups is 2. The van der Waals surface area contributed by atoms with Crippen molar-refractivity contribution in [2.45, 2.75) is 109 Å². The molecule has 0 radical (unpaired) electrons. The molecule has 1 aromatic carbocycles. The van der Waals surface area contributed by atoms with E-state index in [1.807, 2.05) is 6.26 Å². The minimum atomic E-state index is -1.32. The maximum atomic E-state index is 13.9. The number of carbonyl (C=O) groups excluding carboxylic acids is 6. The van der Waals surface area contributed by atoms with Gasteiger partial charge in [0.25, 0.3) is 0 Å². The summed E-state index contributed by atoms with van der Waals surface area (Å²) < 4.78 is 0. The van der Waals surface area contributed by atoms with E-state index in [0.717, 1.165) is 0 Å². The highest BCUT2D eigenvalue weighted by Crippen LogP contribution is 2.13. The number of thioether (sulfide) groups is 1. The molecule has 0 spiro atoms. The van der Waals surface area contributed by atoms with Crippen LogP contribution >= 0.6 is 11.8 Å². The van der Waals surface area contributed by atoms with Crippen LogP contribution in [0.25, 0.3) is 0 Å². The van der Waals surface area contributed by atoms with E-state index in [-0.39, 0.29) is 75.2 Å². The number of carboxylic acids is 1. The van der Waals surface area contributed by atoms with E-state index in [2.05, 4.69) is 41.9 Å². The highest BCUT2D eigenvalue weighted by Gasteiger charge is 2.32. The smallest absolute Gasteiger partial charge is 0.326 e. The van der Waals surface area contributed by atoms with Crippen molar-refractivity contribution >= 4 is 65.1 Å². The van der Waals surface area contributed by atoms with E-state index in [0.29, 0.717) is 17.7 Å². The Balaban J connectivity index is 3.26. The van der Waals surface area contributed by atoms with Crippen LogP contribution in [-0.2, 0) is 40.0 Å². The fourth-order valence-electron chi connectivity index (χ4n) is 5.83. The Bertz CT molecular complexity index is 1690. The second kappa shape index (κ2) is 28.6. The predicted octanol–water partition coefficient (Wildman–Crippen LogP) is -2.55. The Hall–Kier alpha value is -5.84. The summed E-state index contributed by atoms with van der Waals surface area (Å²) >= 11 is 1.52. The Labute approximate surface area is 366 Å². The molecule has 6 amide bonds. The van der Waals surface area contributed by atoms with E-state index in [4.69, 9.17) is 28.7 Å². The van der Waals surface area contributed by atoms with Gasteiger partial charge in [-0.05, 0) is 80.1 Å². The Morgan fingerprint density at radius 1 is 0.677 bits per heavy atom. The topological polar surface area (TPSA) is 387 Å². The van der Waals surface area contributed by atoms with Crippen LogP contribution < -0.4 is 60.6 Å². The summed E-state index contributed by atoms with van der Waals surface area (Å²) in [4.78, 5) is 100. The first kappa shape index (κ1) is 54.2. The summed E-state index contributed by atoms with van der Waals surface area (Å²) in [6.07, 6.45) is 2.77. The molecule has 0 unspecified atom stereocenters. The number of phenolic OH excluding ortho intramolecular Hbond substituents is 1. The van der Waals surface area contributed by atoms with Crippen molar-refractivity contribution in [3.63, 3.8) is 0 Å². The number of aromatic hydroxyl groups is 1. The number of nitrogens with one attached hydrogen (secondary N) is 6. The molecule has 1 rings (SSSR count). The molecule has 0 saturated heterocycles. The normalized spacial score (nSPS) is 13.9. The number of aliphatic carboxylic acids is 1. The highest BCUT2D eigenvalue weighted by molar-refractivity contribution is 7.98. The molecule has 0 aromatic heterocycles. The van der Waals surface area contributed by atoms with Gasteiger partial charge in [-0.3, -0.25) is 38.8 Å². The average Bonchev–Trinajstić information content (AvgIpc) is 3.19. The van der Waals surface area contributed by atoms with Gasteiger partial charge in [0.1, 0.15) is 36.0 Å². The van der Waals surface area contributed by atoms with Gasteiger partial charge in [-0.1, -0.05) is 39.8 Å². The summed E-state index contributed by atoms with van der Waals surface area (Å²) in [6, 6.07) is -1.13. The van der Waals surface area contributed by atoms with Gasteiger partial charge >= 0.3 is 5.97 Å². The SMILES string of the molecule is CSCC[C@H](N)C(=O)N[C@H](C(=O)N[C@@H](CCCN=C(N)N)C(=O)NCC(=O)N[C@@H](Cc1ccc(O)cc1)C(=O)N[C@@H](CC(C)C)C(=O)N[C@@H](CCCN=C(N)N)C(=O)O)C(C)C. The molecule has 0 bridgehead atoms. The minimum Gasteiger partial charge on any atom is -0.508 e. The zero-order valence-electron chi connectivity index (χ0n) is 36.1. The fourth-order valence-corrected chi connectivity index (χ4v) is 6.32. The molecule has 0 fully saturated rings. The van der Waals surface area contributed by atoms with Crippen molar-refractivity contribution < 1.29 is 43.8 Å². The molecule has 22 nitrogen and oxygen atoms in total. The van der Waals surface area contributed by atoms with Crippen LogP contribution in [0.1, 0.15) is 71.8 Å². The molecule has 6 atom stereocenters. The summed E-state index contributed by atoms with van der Waals surface area (Å²) in [6.45, 7) is 6.63. The van der Waals surface area contributed by atoms with Crippen LogP contribution in [0.3, 0.4) is 0 Å². The maximum Gasteiger partial charge on any atom is 0.326 e. The van der Waals surface area contributed by atoms with Gasteiger partial charge in [-0.2, -0.15) is 11.8 Å². The molecule has 1 aromatic rings. The van der Waals surface area contributed by atoms with Gasteiger partial charge in [0.05, 0.1) is 12.6 Å². The van der Waals surface area contributed by atoms with Crippen molar-refractivity contribution in [2.75, 3.05) is 31.6 Å². The standard InChI is InChI=1S/C39H67N13O9S/c1-21(2)18-28(34(57)50-27(37(60)61)9-7-16-46-39(43)44)51-35(58)29(19-23-10-12-24(53)13-11-23)48-30(54)20-47-33(56)26(8-6-15-45-38(41)42)49-36(59)31(22(3)4)52-32(55)25(40)14-17-62-5/h10-13,21-22,25-29,31,53H,6-9,14-20,40H2,1-5H3,(H,47,56)(H,48,54)(H,49,59)(H,50,57)(H,51,58)(H,52,55)(H,60,61)(H4,41,42,45)(H4,43,44,46)/t25-,26-,27-,28-,29-,31-/m0/s1. The largest absolute Gasteiger partial charge is 0.508 e. The maximum absolute atomic E-state index is 13.9. The highest BCUT2D eigenvalue weighted by atomic mass is 32.2. The molecular weight excluding hydrogens is 827 g/mol. The number of rotatable bonds is 29. The van der Waals surface area contributed by atoms with Gasteiger partial charge in [0.15, 0.2) is 11.9 Å². The van der Waals surface area contributed by atoms with Gasteiger partial charge in [0, 0.05) is 19.5 Å². The third-order valence-corrected chi connectivity index (χ3v) is 9.79. The number of guanidine groups is 2. The molecule has 0 aliphatic heterocycles. The molecule has 23 heteroatoms. The van der Waals surface area contributed by atoms with Gasteiger partial charge < -0.3 is 70.8 Å². The molecule has 0 aliphatic carbocycles. The number of nitrogens with two attached hydrogens (primary N) is 5. The average molecular weight is 894 g/mol. The molecular formula is C39H67N13O9S. The van der Waals surface area contributed by atoms with Crippen molar-refractivity contribution in [2.24, 2.45) is 50.5 Å². The summed E-state index contributed by atoms with van der Waals surface area (Å²) in [7, 11) is 0. The van der Waals surface area contributed by atoms with Gasteiger partial charge in [0.2, 0.25) is 35.4 Å². The van der Waals surface area contributed by atoms with Gasteiger partial charge in [-0.25, -0.2) is 4.79 Å². The number of hydrogen-bond donors (Lipinski definition) is 13. The molecule has 0 heterocycles. The zero-order valence-corrected chi connectivity index (χ0v) is 37.0. The fraction of sp³-hybridized carbons (Fsp3) is 0.615. The second-order valence-electron chi connectivity index (χ2n) is 15.4. The second-order valence-corrected chi connectivity index (χ2v) is 16.4. The number of hydrogen-bond acceptors (Lipinski definition) is 12. The third kappa shape index (κ3) is 22.1. The number of carbonyl (C=O) groups is 7. The number of amides is 6. The van der Waals surface area contributed by atoms with Crippen LogP contribution in [0.15, 0.2) is 34.3 Å². The van der Waals surface area contributed by atoms with E-state index in [1.54, 1.807) is 27.7 Å². The van der Waals surface area contributed by atoms with Crippen LogP contribution in [0.4, 0.5) is 0 Å². The summed E-state index contributed by atoms with van der Waals surface area (Å²) in [5.74, 6) is -5.91. The minimum absolute atomic E-state index is 0.00563. The molecule has 348 valence electrons. The van der Waals surface area contributed by atoms with Crippen LogP contribution in [0.2, 0.25) is 0 Å². The van der Waals surface area contributed by atoms with Crippen LogP contribution in [-0.4, -0.2) is 131 Å².